The van der Waals surface area contributed by atoms with Crippen molar-refractivity contribution in [3.8, 4) is 0 Å². The molecule has 0 bridgehead atoms. The molecule has 6 nitrogen and oxygen atoms in total. The first-order chi connectivity index (χ1) is 14.7. The van der Waals surface area contributed by atoms with E-state index in [-0.39, 0.29) is 12.5 Å². The topological polar surface area (TPSA) is 72.2 Å². The molecule has 0 aliphatic heterocycles. The lowest BCUT2D eigenvalue weighted by Gasteiger charge is -2.06. The van der Waals surface area contributed by atoms with Crippen molar-refractivity contribution in [1.29, 1.82) is 0 Å². The summed E-state index contributed by atoms with van der Waals surface area (Å²) in [6.07, 6.45) is 1.62. The molecule has 2 aromatic heterocycles. The zero-order chi connectivity index (χ0) is 20.5. The van der Waals surface area contributed by atoms with E-state index in [1.54, 1.807) is 6.21 Å². The smallest absolute Gasteiger partial charge is 0.260 e. The van der Waals surface area contributed by atoms with Gasteiger partial charge in [0.1, 0.15) is 12.1 Å². The van der Waals surface area contributed by atoms with Crippen LogP contribution in [0.4, 0.5) is 0 Å². The van der Waals surface area contributed by atoms with Gasteiger partial charge in [0.2, 0.25) is 0 Å². The molecule has 0 radical (unpaired) electrons. The number of hydrazone groups is 1. The molecule has 0 fully saturated rings. The van der Waals surface area contributed by atoms with Crippen molar-refractivity contribution in [2.45, 2.75) is 6.54 Å². The van der Waals surface area contributed by atoms with Gasteiger partial charge in [-0.05, 0) is 35.9 Å². The minimum absolute atomic E-state index is 0.0841. The average molecular weight is 458 g/mol. The second kappa shape index (κ2) is 7.68. The number of rotatable bonds is 4. The molecule has 7 heteroatoms. The third-order valence-corrected chi connectivity index (χ3v) is 5.31. The number of para-hydroxylation sites is 2. The highest BCUT2D eigenvalue weighted by Crippen LogP contribution is 2.30. The molecule has 2 heterocycles. The fraction of sp³-hybridized carbons (Fsp3) is 0.0435. The Balaban J connectivity index is 1.54. The molecule has 1 N–H and O–H groups in total. The summed E-state index contributed by atoms with van der Waals surface area (Å²) in [6.45, 7) is 0.0841. The van der Waals surface area contributed by atoms with Gasteiger partial charge in [0, 0.05) is 9.86 Å². The monoisotopic (exact) mass is 457 g/mol. The summed E-state index contributed by atoms with van der Waals surface area (Å²) in [5.41, 5.74) is 7.45. The van der Waals surface area contributed by atoms with E-state index in [2.05, 4.69) is 26.5 Å². The van der Waals surface area contributed by atoms with Crippen molar-refractivity contribution in [3.05, 3.63) is 82.8 Å². The Bertz CT molecular complexity index is 1430. The number of nitrogens with zero attached hydrogens (tertiary/aromatic N) is 4. The highest BCUT2D eigenvalue weighted by atomic mass is 79.9. The molecule has 30 heavy (non-hydrogen) atoms. The second-order valence-electron chi connectivity index (χ2n) is 6.84. The van der Waals surface area contributed by atoms with Gasteiger partial charge in [0.05, 0.1) is 22.8 Å². The Hall–Kier alpha value is -3.58. The molecule has 146 valence electrons. The van der Waals surface area contributed by atoms with E-state index >= 15 is 0 Å². The molecule has 0 aliphatic carbocycles. The van der Waals surface area contributed by atoms with Crippen LogP contribution in [0.15, 0.2) is 82.4 Å². The van der Waals surface area contributed by atoms with E-state index in [0.29, 0.717) is 5.65 Å². The highest BCUT2D eigenvalue weighted by molar-refractivity contribution is 9.10. The van der Waals surface area contributed by atoms with Crippen LogP contribution in [0.1, 0.15) is 5.56 Å². The number of aromatic nitrogens is 3. The van der Waals surface area contributed by atoms with Gasteiger partial charge >= 0.3 is 0 Å². The third kappa shape index (κ3) is 3.44. The van der Waals surface area contributed by atoms with Gasteiger partial charge in [-0.25, -0.2) is 15.4 Å². The van der Waals surface area contributed by atoms with Crippen molar-refractivity contribution in [1.82, 2.24) is 20.0 Å². The lowest BCUT2D eigenvalue weighted by Crippen LogP contribution is -2.23. The number of amides is 1. The van der Waals surface area contributed by atoms with Gasteiger partial charge in [0.15, 0.2) is 5.65 Å². The normalized spacial score (nSPS) is 11.6. The maximum Gasteiger partial charge on any atom is 0.260 e. The fourth-order valence-electron chi connectivity index (χ4n) is 3.46. The fourth-order valence-corrected chi connectivity index (χ4v) is 3.83. The zero-order valence-electron chi connectivity index (χ0n) is 15.8. The molecular weight excluding hydrogens is 442 g/mol. The number of benzene rings is 3. The maximum absolute atomic E-state index is 12.6. The first-order valence-corrected chi connectivity index (χ1v) is 10.2. The van der Waals surface area contributed by atoms with Gasteiger partial charge in [-0.3, -0.25) is 4.79 Å². The number of carbonyl (C=O) groups excluding carboxylic acids is 1. The third-order valence-electron chi connectivity index (χ3n) is 4.82. The maximum atomic E-state index is 12.6. The Kier molecular flexibility index (Phi) is 4.72. The van der Waals surface area contributed by atoms with Gasteiger partial charge in [-0.1, -0.05) is 58.4 Å². The lowest BCUT2D eigenvalue weighted by molar-refractivity contribution is -0.121. The van der Waals surface area contributed by atoms with Crippen LogP contribution >= 0.6 is 15.9 Å². The summed E-state index contributed by atoms with van der Waals surface area (Å²) in [6, 6.07) is 23.2. The Labute approximate surface area is 180 Å². The van der Waals surface area contributed by atoms with Crippen LogP contribution < -0.4 is 5.43 Å². The van der Waals surface area contributed by atoms with Crippen molar-refractivity contribution in [3.63, 3.8) is 0 Å². The van der Waals surface area contributed by atoms with Gasteiger partial charge in [-0.15, -0.1) is 0 Å². The highest BCUT2D eigenvalue weighted by Gasteiger charge is 2.16. The molecule has 0 unspecified atom stereocenters. The SMILES string of the molecule is O=C(Cn1c2ccc(Br)cc2c2nc3ccccc3nc21)N/N=C/c1ccccc1. The van der Waals surface area contributed by atoms with Crippen LogP contribution in [0.25, 0.3) is 33.1 Å². The zero-order valence-corrected chi connectivity index (χ0v) is 17.4. The summed E-state index contributed by atoms with van der Waals surface area (Å²) in [5.74, 6) is -0.237. The summed E-state index contributed by atoms with van der Waals surface area (Å²) in [5, 5.41) is 5.01. The van der Waals surface area contributed by atoms with Crippen molar-refractivity contribution < 1.29 is 4.79 Å². The Morgan fingerprint density at radius 3 is 2.53 bits per heavy atom. The van der Waals surface area contributed by atoms with E-state index in [0.717, 1.165) is 37.5 Å². The molecule has 0 aliphatic rings. The average Bonchev–Trinajstić information content (AvgIpc) is 3.05. The lowest BCUT2D eigenvalue weighted by atomic mass is 10.2. The molecule has 3 aromatic carbocycles. The molecule has 0 spiro atoms. The molecule has 5 rings (SSSR count). The summed E-state index contributed by atoms with van der Waals surface area (Å²) in [7, 11) is 0. The molecule has 0 atom stereocenters. The van der Waals surface area contributed by atoms with Gasteiger partial charge in [0.25, 0.3) is 5.91 Å². The molecular formula is C23H16BrN5O. The van der Waals surface area contributed by atoms with Crippen molar-refractivity contribution in [2.24, 2.45) is 5.10 Å². The van der Waals surface area contributed by atoms with E-state index in [9.17, 15) is 4.79 Å². The van der Waals surface area contributed by atoms with E-state index in [1.165, 1.54) is 0 Å². The van der Waals surface area contributed by atoms with Crippen LogP contribution in [0.3, 0.4) is 0 Å². The van der Waals surface area contributed by atoms with Crippen LogP contribution in [-0.2, 0) is 11.3 Å². The van der Waals surface area contributed by atoms with Crippen LogP contribution in [0, 0.1) is 0 Å². The largest absolute Gasteiger partial charge is 0.314 e. The number of hydrogen-bond donors (Lipinski definition) is 1. The summed E-state index contributed by atoms with van der Waals surface area (Å²) >= 11 is 3.53. The minimum atomic E-state index is -0.237. The van der Waals surface area contributed by atoms with Crippen molar-refractivity contribution in [2.75, 3.05) is 0 Å². The van der Waals surface area contributed by atoms with Crippen LogP contribution in [0.5, 0.6) is 0 Å². The standard InChI is InChI=1S/C23H16BrN5O/c24-16-10-11-20-17(12-16)22-23(27-19-9-5-4-8-18(19)26-22)29(20)14-21(30)28-25-13-15-6-2-1-3-7-15/h1-13H,14H2,(H,28,30)/b25-13+. The van der Waals surface area contributed by atoms with E-state index in [4.69, 9.17) is 9.97 Å². The number of hydrogen-bond acceptors (Lipinski definition) is 4. The van der Waals surface area contributed by atoms with E-state index in [1.807, 2.05) is 77.4 Å². The summed E-state index contributed by atoms with van der Waals surface area (Å²) < 4.78 is 2.82. The predicted molar refractivity (Wildman–Crippen MR) is 122 cm³/mol. The molecule has 1 amide bonds. The predicted octanol–water partition coefficient (Wildman–Crippen LogP) is 4.65. The second-order valence-corrected chi connectivity index (χ2v) is 7.75. The summed E-state index contributed by atoms with van der Waals surface area (Å²) in [4.78, 5) is 22.2. The molecule has 0 saturated heterocycles. The first-order valence-electron chi connectivity index (χ1n) is 9.40. The Morgan fingerprint density at radius 1 is 1.00 bits per heavy atom. The molecule has 0 saturated carbocycles. The number of nitrogens with one attached hydrogen (secondary N) is 1. The minimum Gasteiger partial charge on any atom is -0.314 e. The van der Waals surface area contributed by atoms with Crippen LogP contribution in [-0.4, -0.2) is 26.7 Å². The van der Waals surface area contributed by atoms with Crippen molar-refractivity contribution >= 4 is 61.2 Å². The number of carbonyl (C=O) groups is 1. The quantitative estimate of drug-likeness (QED) is 0.315. The van der Waals surface area contributed by atoms with Gasteiger partial charge < -0.3 is 4.57 Å². The molecule has 5 aromatic rings. The number of fused-ring (bicyclic) bond motifs is 4. The van der Waals surface area contributed by atoms with Gasteiger partial charge in [-0.2, -0.15) is 5.10 Å². The number of halogens is 1. The van der Waals surface area contributed by atoms with E-state index < -0.39 is 0 Å². The first kappa shape index (κ1) is 18.4. The van der Waals surface area contributed by atoms with Crippen LogP contribution in [0.2, 0.25) is 0 Å². The Morgan fingerprint density at radius 2 is 1.73 bits per heavy atom.